The molecule has 88 valence electrons. The zero-order chi connectivity index (χ0) is 12.6. The summed E-state index contributed by atoms with van der Waals surface area (Å²) in [5.74, 6) is -1.17. The van der Waals surface area contributed by atoms with Crippen molar-refractivity contribution in [2.45, 2.75) is 11.9 Å². The summed E-state index contributed by atoms with van der Waals surface area (Å²) in [7, 11) is -3.88. The number of pyridine rings is 1. The predicted molar refractivity (Wildman–Crippen MR) is 57.2 cm³/mol. The lowest BCUT2D eigenvalue weighted by Crippen LogP contribution is -2.33. The quantitative estimate of drug-likeness (QED) is 0.758. The van der Waals surface area contributed by atoms with E-state index in [1.54, 1.807) is 6.92 Å². The Balaban J connectivity index is 2.49. The number of rotatable bonds is 2. The molecule has 2 heterocycles. The Kier molecular flexibility index (Phi) is 2.59. The van der Waals surface area contributed by atoms with Gasteiger partial charge in [0.25, 0.3) is 15.9 Å². The highest BCUT2D eigenvalue weighted by atomic mass is 32.2. The third-order valence-electron chi connectivity index (χ3n) is 2.42. The van der Waals surface area contributed by atoms with Crippen LogP contribution >= 0.6 is 0 Å². The van der Waals surface area contributed by atoms with E-state index in [0.29, 0.717) is 4.31 Å². The van der Waals surface area contributed by atoms with E-state index in [-0.39, 0.29) is 17.1 Å². The van der Waals surface area contributed by atoms with E-state index in [0.717, 1.165) is 0 Å². The minimum absolute atomic E-state index is 0.0673. The van der Waals surface area contributed by atoms with Gasteiger partial charge in [-0.3, -0.25) is 4.79 Å². The molecule has 2 rings (SSSR count). The van der Waals surface area contributed by atoms with E-state index >= 15 is 0 Å². The first kappa shape index (κ1) is 11.5. The summed E-state index contributed by atoms with van der Waals surface area (Å²) in [6.45, 7) is 1.41. The van der Waals surface area contributed by atoms with Crippen LogP contribution in [-0.4, -0.2) is 30.2 Å². The van der Waals surface area contributed by atoms with Crippen molar-refractivity contribution in [2.24, 2.45) is 5.92 Å². The van der Waals surface area contributed by atoms with E-state index < -0.39 is 21.8 Å². The van der Waals surface area contributed by atoms with E-state index in [9.17, 15) is 13.2 Å². The van der Waals surface area contributed by atoms with Crippen LogP contribution in [0.3, 0.4) is 0 Å². The number of nitriles is 1. The number of carbonyl (C=O) groups is 1. The van der Waals surface area contributed by atoms with Gasteiger partial charge in [-0.1, -0.05) is 0 Å². The fourth-order valence-corrected chi connectivity index (χ4v) is 3.15. The summed E-state index contributed by atoms with van der Waals surface area (Å²) < 4.78 is 24.7. The molecule has 0 aliphatic carbocycles. The Morgan fingerprint density at radius 2 is 2.29 bits per heavy atom. The van der Waals surface area contributed by atoms with Gasteiger partial charge in [0, 0.05) is 6.20 Å². The molecule has 0 aromatic carbocycles. The zero-order valence-electron chi connectivity index (χ0n) is 8.99. The van der Waals surface area contributed by atoms with Crippen molar-refractivity contribution < 1.29 is 13.2 Å². The average Bonchev–Trinajstić information content (AvgIpc) is 2.51. The largest absolute Gasteiger partial charge is 0.285 e. The van der Waals surface area contributed by atoms with E-state index in [1.807, 2.05) is 6.07 Å². The second kappa shape index (κ2) is 3.82. The number of aromatic nitrogens is 1. The molecule has 1 aromatic rings. The van der Waals surface area contributed by atoms with Crippen LogP contribution in [0.15, 0.2) is 23.4 Å². The SMILES string of the molecule is CC(C#N)CN1C(=O)c2cccnc2S1(=O)=O. The van der Waals surface area contributed by atoms with Crippen molar-refractivity contribution in [1.29, 1.82) is 5.26 Å². The van der Waals surface area contributed by atoms with Crippen LogP contribution in [0, 0.1) is 17.2 Å². The summed E-state index contributed by atoms with van der Waals surface area (Å²) in [5, 5.41) is 8.44. The molecule has 1 atom stereocenters. The summed E-state index contributed by atoms with van der Waals surface area (Å²) in [4.78, 5) is 15.6. The summed E-state index contributed by atoms with van der Waals surface area (Å²) in [6.07, 6.45) is 1.32. The van der Waals surface area contributed by atoms with Gasteiger partial charge in [0.2, 0.25) is 0 Å². The van der Waals surface area contributed by atoms with Crippen molar-refractivity contribution in [3.8, 4) is 6.07 Å². The van der Waals surface area contributed by atoms with Gasteiger partial charge in [0.1, 0.15) is 0 Å². The van der Waals surface area contributed by atoms with Crippen LogP contribution < -0.4 is 0 Å². The Morgan fingerprint density at radius 3 is 2.88 bits per heavy atom. The molecule has 0 N–H and O–H groups in total. The maximum absolute atomic E-state index is 12.0. The van der Waals surface area contributed by atoms with Crippen LogP contribution in [-0.2, 0) is 10.0 Å². The number of carbonyl (C=O) groups excluding carboxylic acids is 1. The Bertz CT molecular complexity index is 618. The van der Waals surface area contributed by atoms with Crippen molar-refractivity contribution >= 4 is 15.9 Å². The molecule has 7 heteroatoms. The van der Waals surface area contributed by atoms with E-state index in [2.05, 4.69) is 4.98 Å². The molecule has 1 unspecified atom stereocenters. The maximum Gasteiger partial charge on any atom is 0.285 e. The van der Waals surface area contributed by atoms with Gasteiger partial charge >= 0.3 is 0 Å². The Hall–Kier alpha value is -1.94. The van der Waals surface area contributed by atoms with E-state index in [1.165, 1.54) is 18.3 Å². The van der Waals surface area contributed by atoms with Gasteiger partial charge < -0.3 is 0 Å². The lowest BCUT2D eigenvalue weighted by molar-refractivity contribution is 0.0864. The highest BCUT2D eigenvalue weighted by Gasteiger charge is 2.42. The topological polar surface area (TPSA) is 91.1 Å². The zero-order valence-corrected chi connectivity index (χ0v) is 9.81. The fraction of sp³-hybridized carbons (Fsp3) is 0.300. The highest BCUT2D eigenvalue weighted by molar-refractivity contribution is 7.90. The molecule has 1 aromatic heterocycles. The maximum atomic E-state index is 12.0. The Morgan fingerprint density at radius 1 is 1.59 bits per heavy atom. The first-order valence-electron chi connectivity index (χ1n) is 4.90. The highest BCUT2D eigenvalue weighted by Crippen LogP contribution is 2.28. The third kappa shape index (κ3) is 1.66. The monoisotopic (exact) mass is 251 g/mol. The molecule has 0 fully saturated rings. The molecule has 0 radical (unpaired) electrons. The third-order valence-corrected chi connectivity index (χ3v) is 4.13. The molecule has 0 bridgehead atoms. The molecular weight excluding hydrogens is 242 g/mol. The lowest BCUT2D eigenvalue weighted by Gasteiger charge is -2.15. The molecule has 6 nitrogen and oxygen atoms in total. The molecule has 0 saturated carbocycles. The van der Waals surface area contributed by atoms with Crippen LogP contribution in [0.25, 0.3) is 0 Å². The van der Waals surface area contributed by atoms with Gasteiger partial charge in [0.05, 0.1) is 24.1 Å². The first-order chi connectivity index (χ1) is 7.98. The molecule has 1 aliphatic rings. The molecule has 0 spiro atoms. The normalized spacial score (nSPS) is 18.6. The van der Waals surface area contributed by atoms with Gasteiger partial charge in [-0.2, -0.15) is 13.7 Å². The molecule has 17 heavy (non-hydrogen) atoms. The summed E-state index contributed by atoms with van der Waals surface area (Å²) >= 11 is 0. The number of nitrogens with zero attached hydrogens (tertiary/aromatic N) is 3. The molecule has 1 aliphatic heterocycles. The second-order valence-electron chi connectivity index (χ2n) is 3.73. The minimum atomic E-state index is -3.88. The average molecular weight is 251 g/mol. The van der Waals surface area contributed by atoms with Crippen LogP contribution in [0.2, 0.25) is 0 Å². The molecular formula is C10H9N3O3S. The van der Waals surface area contributed by atoms with E-state index in [4.69, 9.17) is 5.26 Å². The summed E-state index contributed by atoms with van der Waals surface area (Å²) in [6, 6.07) is 4.82. The second-order valence-corrected chi connectivity index (χ2v) is 5.51. The van der Waals surface area contributed by atoms with Gasteiger partial charge in [0.15, 0.2) is 5.03 Å². The van der Waals surface area contributed by atoms with Crippen molar-refractivity contribution in [1.82, 2.24) is 9.29 Å². The smallest absolute Gasteiger partial charge is 0.268 e. The van der Waals surface area contributed by atoms with Gasteiger partial charge in [-0.15, -0.1) is 0 Å². The van der Waals surface area contributed by atoms with Crippen LogP contribution in [0.4, 0.5) is 0 Å². The van der Waals surface area contributed by atoms with Crippen molar-refractivity contribution in [3.63, 3.8) is 0 Å². The fourth-order valence-electron chi connectivity index (χ4n) is 1.58. The number of hydrogen-bond acceptors (Lipinski definition) is 5. The van der Waals surface area contributed by atoms with Crippen LogP contribution in [0.1, 0.15) is 17.3 Å². The lowest BCUT2D eigenvalue weighted by atomic mass is 10.2. The standard InChI is InChI=1S/C10H9N3O3S/c1-7(5-11)6-13-10(14)8-3-2-4-12-9(8)17(13,15)16/h2-4,7H,6H2,1H3. The van der Waals surface area contributed by atoms with Crippen molar-refractivity contribution in [2.75, 3.05) is 6.54 Å². The first-order valence-corrected chi connectivity index (χ1v) is 6.34. The number of fused-ring (bicyclic) bond motifs is 1. The molecule has 1 amide bonds. The number of amides is 1. The number of hydrogen-bond donors (Lipinski definition) is 0. The minimum Gasteiger partial charge on any atom is -0.268 e. The molecule has 0 saturated heterocycles. The Labute approximate surface area is 98.5 Å². The van der Waals surface area contributed by atoms with Gasteiger partial charge in [-0.25, -0.2) is 9.29 Å². The van der Waals surface area contributed by atoms with Gasteiger partial charge in [-0.05, 0) is 19.1 Å². The predicted octanol–water partition coefficient (Wildman–Crippen LogP) is 0.386. The van der Waals surface area contributed by atoms with Crippen molar-refractivity contribution in [3.05, 3.63) is 23.9 Å². The number of sulfonamides is 1. The summed E-state index contributed by atoms with van der Waals surface area (Å²) in [5.41, 5.74) is 0.0673. The van der Waals surface area contributed by atoms with Crippen LogP contribution in [0.5, 0.6) is 0 Å².